The summed E-state index contributed by atoms with van der Waals surface area (Å²) < 4.78 is 108. The first-order valence-corrected chi connectivity index (χ1v) is 25.4. The SMILES string of the molecule is CC[N+](CCCS(=O)(=O)O)=c1ccc2c(C(C)(C)C)cc(/C=C/C=C3\N(CCCS(=O)(=O)O)c4ccc(S(=O)(=O)O)cc4C3(C)CCCC(=O)CCCN3C(=O)C=CC3=O)oc-2c1. The Hall–Kier alpha value is -4.79. The van der Waals surface area contributed by atoms with Gasteiger partial charge < -0.3 is 9.32 Å². The Balaban J connectivity index is 1.54. The predicted octanol–water partition coefficient (Wildman–Crippen LogP) is 5.40. The van der Waals surface area contributed by atoms with Crippen molar-refractivity contribution in [2.24, 2.45) is 0 Å². The summed E-state index contributed by atoms with van der Waals surface area (Å²) in [5, 5.41) is 0.795. The number of hydrogen-bond acceptors (Lipinski definition) is 11. The van der Waals surface area contributed by atoms with Crippen LogP contribution < -0.4 is 14.8 Å². The number of hydrogen-bond donors (Lipinski definition) is 3. The van der Waals surface area contributed by atoms with Gasteiger partial charge in [-0.2, -0.15) is 25.3 Å². The lowest BCUT2D eigenvalue weighted by atomic mass is 9.77. The maximum atomic E-state index is 13.1. The van der Waals surface area contributed by atoms with Gasteiger partial charge in [-0.15, -0.1) is 0 Å². The molecule has 0 saturated carbocycles. The molecule has 16 nitrogen and oxygen atoms in total. The lowest BCUT2D eigenvalue weighted by Crippen LogP contribution is -2.31. The van der Waals surface area contributed by atoms with Crippen molar-refractivity contribution >= 4 is 59.7 Å². The molecule has 3 aliphatic heterocycles. The van der Waals surface area contributed by atoms with Gasteiger partial charge in [0.2, 0.25) is 5.36 Å². The number of carbonyl (C=O) groups excluding carboxylic acids is 3. The van der Waals surface area contributed by atoms with E-state index in [2.05, 4.69) is 20.8 Å². The second-order valence-corrected chi connectivity index (χ2v) is 21.6. The molecule has 1 aliphatic carbocycles. The molecular formula is C44H56N3O13S3+. The van der Waals surface area contributed by atoms with Crippen LogP contribution in [0.2, 0.25) is 0 Å². The van der Waals surface area contributed by atoms with Crippen molar-refractivity contribution in [1.29, 1.82) is 0 Å². The zero-order valence-corrected chi connectivity index (χ0v) is 38.6. The van der Waals surface area contributed by atoms with Crippen molar-refractivity contribution in [3.05, 3.63) is 94.7 Å². The summed E-state index contributed by atoms with van der Waals surface area (Å²) in [6, 6.07) is 11.9. The highest BCUT2D eigenvalue weighted by Crippen LogP contribution is 2.51. The number of Topliss-reactive ketones (excluding diaryl/α,β-unsaturated/α-hetero) is 1. The first-order chi connectivity index (χ1) is 29.3. The van der Waals surface area contributed by atoms with E-state index in [9.17, 15) is 53.3 Å². The van der Waals surface area contributed by atoms with Crippen molar-refractivity contribution in [2.75, 3.05) is 42.6 Å². The van der Waals surface area contributed by atoms with Crippen LogP contribution in [0.15, 0.2) is 81.8 Å². The van der Waals surface area contributed by atoms with Gasteiger partial charge in [-0.25, -0.2) is 4.58 Å². The van der Waals surface area contributed by atoms with Gasteiger partial charge >= 0.3 is 0 Å². The minimum Gasteiger partial charge on any atom is -0.456 e. The van der Waals surface area contributed by atoms with E-state index in [0.29, 0.717) is 60.8 Å². The van der Waals surface area contributed by atoms with Gasteiger partial charge in [0.1, 0.15) is 30.4 Å². The highest BCUT2D eigenvalue weighted by atomic mass is 32.2. The van der Waals surface area contributed by atoms with Crippen molar-refractivity contribution in [3.8, 4) is 11.3 Å². The molecule has 1 aromatic carbocycles. The second-order valence-electron chi connectivity index (χ2n) is 17.1. The molecule has 342 valence electrons. The number of rotatable bonds is 20. The van der Waals surface area contributed by atoms with E-state index in [-0.39, 0.29) is 60.6 Å². The topological polar surface area (TPSA) is 237 Å². The number of fused-ring (bicyclic) bond motifs is 2. The van der Waals surface area contributed by atoms with Crippen LogP contribution in [0, 0.1) is 0 Å². The van der Waals surface area contributed by atoms with E-state index >= 15 is 0 Å². The van der Waals surface area contributed by atoms with Crippen LogP contribution in [0.5, 0.6) is 0 Å². The maximum absolute atomic E-state index is 13.1. The Morgan fingerprint density at radius 1 is 0.825 bits per heavy atom. The van der Waals surface area contributed by atoms with E-state index in [1.165, 1.54) is 30.4 Å². The predicted molar refractivity (Wildman–Crippen MR) is 239 cm³/mol. The van der Waals surface area contributed by atoms with E-state index < -0.39 is 53.3 Å². The van der Waals surface area contributed by atoms with Crippen LogP contribution in [0.4, 0.5) is 5.69 Å². The van der Waals surface area contributed by atoms with Gasteiger partial charge in [0.05, 0.1) is 22.5 Å². The van der Waals surface area contributed by atoms with Gasteiger partial charge in [0, 0.05) is 72.9 Å². The van der Waals surface area contributed by atoms with Crippen LogP contribution in [-0.2, 0) is 55.6 Å². The number of benzene rings is 2. The molecule has 19 heteroatoms. The average molecular weight is 931 g/mol. The number of allylic oxidation sites excluding steroid dienone is 3. The molecule has 1 atom stereocenters. The first kappa shape index (κ1) is 49.2. The van der Waals surface area contributed by atoms with Crippen LogP contribution in [0.1, 0.15) is 96.5 Å². The molecule has 0 bridgehead atoms. The van der Waals surface area contributed by atoms with Crippen LogP contribution in [0.25, 0.3) is 17.4 Å². The number of imide groups is 1. The molecule has 63 heavy (non-hydrogen) atoms. The molecule has 5 rings (SSSR count). The van der Waals surface area contributed by atoms with Crippen molar-refractivity contribution in [2.45, 2.75) is 95.3 Å². The summed E-state index contributed by atoms with van der Waals surface area (Å²) >= 11 is 0. The lowest BCUT2D eigenvalue weighted by Gasteiger charge is -2.30. The van der Waals surface area contributed by atoms with Gasteiger partial charge in [-0.05, 0) is 98.6 Å². The zero-order chi connectivity index (χ0) is 46.5. The monoisotopic (exact) mass is 930 g/mol. The smallest absolute Gasteiger partial charge is 0.294 e. The molecule has 2 amide bonds. The Morgan fingerprint density at radius 2 is 1.46 bits per heavy atom. The molecule has 3 heterocycles. The molecular weight excluding hydrogens is 875 g/mol. The quantitative estimate of drug-likeness (QED) is 0.0732. The molecule has 0 fully saturated rings. The number of carbonyl (C=O) groups is 3. The first-order valence-electron chi connectivity index (χ1n) is 20.7. The Labute approximate surface area is 369 Å². The zero-order valence-electron chi connectivity index (χ0n) is 36.1. The third-order valence-electron chi connectivity index (χ3n) is 11.3. The summed E-state index contributed by atoms with van der Waals surface area (Å²) in [7, 11) is -13.1. The van der Waals surface area contributed by atoms with Crippen molar-refractivity contribution in [1.82, 2.24) is 9.48 Å². The van der Waals surface area contributed by atoms with E-state index in [1.54, 1.807) is 18.2 Å². The Morgan fingerprint density at radius 3 is 2.08 bits per heavy atom. The Kier molecular flexibility index (Phi) is 15.3. The van der Waals surface area contributed by atoms with E-state index in [4.69, 9.17) is 4.42 Å². The second kappa shape index (κ2) is 19.5. The van der Waals surface area contributed by atoms with Crippen molar-refractivity contribution in [3.63, 3.8) is 0 Å². The van der Waals surface area contributed by atoms with Gasteiger partial charge in [0.15, 0.2) is 0 Å². The molecule has 3 N–H and O–H groups in total. The Bertz CT molecular complexity index is 2710. The van der Waals surface area contributed by atoms with Crippen LogP contribution >= 0.6 is 0 Å². The van der Waals surface area contributed by atoms with Gasteiger partial charge in [-0.3, -0.25) is 32.9 Å². The average Bonchev–Trinajstić information content (AvgIpc) is 3.61. The molecule has 1 unspecified atom stereocenters. The molecule has 0 aromatic heterocycles. The van der Waals surface area contributed by atoms with E-state index in [1.807, 2.05) is 47.6 Å². The standard InChI is InChI=1S/C44H55N3O13S3/c1-6-45(23-10-26-61(51,52)53)31-16-18-35-36(43(2,3)4)29-33(60-39(35)28-31)14-7-15-40-44(5,22-8-12-32(48)13-9-24-47-41(49)20-21-42(47)50)37-30-34(63(57,58)59)17-19-38(37)46(40)25-11-27-62(54,55)56/h7,14-21,28-30H,6,8-13,22-27H2,1-5H3,(H2-,51,52,53,54,55,56,57,58,59)/p+1. The summed E-state index contributed by atoms with van der Waals surface area (Å²) in [6.07, 6.45) is 9.14. The third-order valence-corrected chi connectivity index (χ3v) is 13.8. The maximum Gasteiger partial charge on any atom is 0.294 e. The molecule has 0 saturated heterocycles. The largest absolute Gasteiger partial charge is 0.456 e. The van der Waals surface area contributed by atoms with Crippen molar-refractivity contribution < 1.29 is 57.7 Å². The van der Waals surface area contributed by atoms with Gasteiger partial charge in [-0.1, -0.05) is 26.8 Å². The minimum atomic E-state index is -4.64. The summed E-state index contributed by atoms with van der Waals surface area (Å²) in [4.78, 5) is 39.5. The van der Waals surface area contributed by atoms with E-state index in [0.717, 1.165) is 21.4 Å². The van der Waals surface area contributed by atoms with Crippen LogP contribution in [-0.4, -0.2) is 99.1 Å². The highest BCUT2D eigenvalue weighted by Gasteiger charge is 2.43. The van der Waals surface area contributed by atoms with Crippen LogP contribution in [0.3, 0.4) is 0 Å². The summed E-state index contributed by atoms with van der Waals surface area (Å²) in [6.45, 7) is 11.2. The molecule has 0 radical (unpaired) electrons. The fourth-order valence-corrected chi connectivity index (χ4v) is 9.68. The number of ketones is 1. The number of amides is 2. The molecule has 1 aromatic rings. The fourth-order valence-electron chi connectivity index (χ4n) is 8.19. The fraction of sp³-hybridized carbons (Fsp3) is 0.455. The summed E-state index contributed by atoms with van der Waals surface area (Å²) in [5.41, 5.74) is 2.25. The molecule has 4 aliphatic rings. The normalized spacial score (nSPS) is 18.4. The highest BCUT2D eigenvalue weighted by molar-refractivity contribution is 7.86. The summed E-state index contributed by atoms with van der Waals surface area (Å²) in [5.74, 6) is -0.797. The number of nitrogens with zero attached hydrogens (tertiary/aromatic N) is 3. The number of anilines is 1. The minimum absolute atomic E-state index is 0.00730. The van der Waals surface area contributed by atoms with Gasteiger partial charge in [0.25, 0.3) is 42.2 Å². The third kappa shape index (κ3) is 12.7. The lowest BCUT2D eigenvalue weighted by molar-refractivity contribution is -0.137. The molecule has 0 spiro atoms.